The Morgan fingerprint density at radius 2 is 1.92 bits per heavy atom. The average molecular weight is 339 g/mol. The normalized spacial score (nSPS) is 22.3. The van der Waals surface area contributed by atoms with Crippen LogP contribution in [0, 0.1) is 0 Å². The fraction of sp³-hybridized carbons (Fsp3) is 0.824. The van der Waals surface area contributed by atoms with Gasteiger partial charge in [-0.2, -0.15) is 0 Å². The summed E-state index contributed by atoms with van der Waals surface area (Å²) in [5.74, 6) is -0.0131. The first-order valence-corrected chi connectivity index (χ1v) is 8.91. The van der Waals surface area contributed by atoms with Gasteiger partial charge in [-0.3, -0.25) is 14.4 Å². The van der Waals surface area contributed by atoms with Crippen LogP contribution in [0.1, 0.15) is 46.5 Å². The highest BCUT2D eigenvalue weighted by atomic mass is 16.5. The second-order valence-electron chi connectivity index (χ2n) is 6.77. The van der Waals surface area contributed by atoms with Crippen molar-refractivity contribution in [1.29, 1.82) is 0 Å². The summed E-state index contributed by atoms with van der Waals surface area (Å²) >= 11 is 0. The number of carbonyl (C=O) groups is 3. The van der Waals surface area contributed by atoms with Crippen LogP contribution in [0.2, 0.25) is 0 Å². The van der Waals surface area contributed by atoms with Crippen molar-refractivity contribution in [2.45, 2.75) is 64.6 Å². The van der Waals surface area contributed by atoms with E-state index in [4.69, 9.17) is 4.74 Å². The van der Waals surface area contributed by atoms with E-state index in [1.54, 1.807) is 9.80 Å². The fourth-order valence-corrected chi connectivity index (χ4v) is 3.47. The van der Waals surface area contributed by atoms with Crippen LogP contribution in [0.25, 0.3) is 0 Å². The Morgan fingerprint density at radius 3 is 2.50 bits per heavy atom. The number of carbonyl (C=O) groups excluding carboxylic acids is 3. The molecule has 0 saturated carbocycles. The van der Waals surface area contributed by atoms with Crippen molar-refractivity contribution in [3.8, 4) is 0 Å². The molecule has 0 aromatic carbocycles. The molecule has 24 heavy (non-hydrogen) atoms. The summed E-state index contributed by atoms with van der Waals surface area (Å²) < 4.78 is 5.17. The van der Waals surface area contributed by atoms with E-state index >= 15 is 0 Å². The smallest absolute Gasteiger partial charge is 0.248 e. The number of hydrogen-bond donors (Lipinski definition) is 1. The third kappa shape index (κ3) is 4.47. The first-order chi connectivity index (χ1) is 11.4. The molecular formula is C17H29N3O4. The number of nitrogens with zero attached hydrogens (tertiary/aromatic N) is 2. The van der Waals surface area contributed by atoms with Crippen LogP contribution in [0.3, 0.4) is 0 Å². The summed E-state index contributed by atoms with van der Waals surface area (Å²) in [7, 11) is 0. The predicted molar refractivity (Wildman–Crippen MR) is 89.2 cm³/mol. The molecule has 2 rings (SSSR count). The maximum absolute atomic E-state index is 12.4. The zero-order valence-electron chi connectivity index (χ0n) is 14.9. The minimum Gasteiger partial charge on any atom is -0.372 e. The van der Waals surface area contributed by atoms with E-state index in [1.165, 1.54) is 0 Å². The fourth-order valence-electron chi connectivity index (χ4n) is 3.47. The minimum atomic E-state index is -0.365. The Labute approximate surface area is 143 Å². The highest BCUT2D eigenvalue weighted by Crippen LogP contribution is 2.27. The topological polar surface area (TPSA) is 79.0 Å². The first-order valence-electron chi connectivity index (χ1n) is 8.91. The van der Waals surface area contributed by atoms with Gasteiger partial charge in [0.2, 0.25) is 17.7 Å². The maximum atomic E-state index is 12.4. The molecule has 1 N–H and O–H groups in total. The highest BCUT2D eigenvalue weighted by molar-refractivity contribution is 5.91. The second kappa shape index (κ2) is 8.46. The zero-order chi connectivity index (χ0) is 17.7. The predicted octanol–water partition coefficient (Wildman–Crippen LogP) is 0.530. The Hall–Kier alpha value is -1.63. The SMILES string of the molecule is CCOCC(=O)N1CCC(N2C(=O)CCC2C(=O)NC(C)C)CC1. The van der Waals surface area contributed by atoms with Crippen LogP contribution in [-0.4, -0.2) is 72.0 Å². The lowest BCUT2D eigenvalue weighted by molar-refractivity contribution is -0.142. The number of ether oxygens (including phenoxy) is 1. The highest BCUT2D eigenvalue weighted by Gasteiger charge is 2.41. The molecule has 3 amide bonds. The van der Waals surface area contributed by atoms with Crippen molar-refractivity contribution in [1.82, 2.24) is 15.1 Å². The van der Waals surface area contributed by atoms with Crippen molar-refractivity contribution < 1.29 is 19.1 Å². The lowest BCUT2D eigenvalue weighted by Gasteiger charge is -2.39. The summed E-state index contributed by atoms with van der Waals surface area (Å²) in [6.45, 7) is 7.56. The van der Waals surface area contributed by atoms with Gasteiger partial charge >= 0.3 is 0 Å². The van der Waals surface area contributed by atoms with Crippen LogP contribution in [0.15, 0.2) is 0 Å². The number of piperidine rings is 1. The zero-order valence-corrected chi connectivity index (χ0v) is 14.9. The van der Waals surface area contributed by atoms with Crippen LogP contribution in [0.4, 0.5) is 0 Å². The van der Waals surface area contributed by atoms with Gasteiger partial charge in [-0.1, -0.05) is 0 Å². The van der Waals surface area contributed by atoms with E-state index in [0.29, 0.717) is 32.5 Å². The molecule has 2 aliphatic rings. The van der Waals surface area contributed by atoms with Crippen molar-refractivity contribution >= 4 is 17.7 Å². The van der Waals surface area contributed by atoms with Crippen molar-refractivity contribution in [3.05, 3.63) is 0 Å². The first kappa shape index (κ1) is 18.7. The summed E-state index contributed by atoms with van der Waals surface area (Å²) in [6.07, 6.45) is 2.45. The molecule has 7 heteroatoms. The molecule has 2 heterocycles. The lowest BCUT2D eigenvalue weighted by Crippen LogP contribution is -2.54. The van der Waals surface area contributed by atoms with Gasteiger partial charge in [0.1, 0.15) is 12.6 Å². The van der Waals surface area contributed by atoms with Crippen molar-refractivity contribution in [2.75, 3.05) is 26.3 Å². The third-order valence-corrected chi connectivity index (χ3v) is 4.63. The molecule has 1 atom stereocenters. The van der Waals surface area contributed by atoms with Crippen LogP contribution in [-0.2, 0) is 19.1 Å². The molecule has 0 bridgehead atoms. The van der Waals surface area contributed by atoms with Gasteiger partial charge < -0.3 is 19.9 Å². The van der Waals surface area contributed by atoms with Gasteiger partial charge in [0.15, 0.2) is 0 Å². The Morgan fingerprint density at radius 1 is 1.25 bits per heavy atom. The summed E-state index contributed by atoms with van der Waals surface area (Å²) in [4.78, 5) is 40.2. The standard InChI is InChI=1S/C17H29N3O4/c1-4-24-11-16(22)19-9-7-13(8-10-19)20-14(5-6-15(20)21)17(23)18-12(2)3/h12-14H,4-11H2,1-3H3,(H,18,23). The molecule has 2 aliphatic heterocycles. The van der Waals surface area contributed by atoms with Crippen molar-refractivity contribution in [3.63, 3.8) is 0 Å². The molecule has 0 aliphatic carbocycles. The summed E-state index contributed by atoms with van der Waals surface area (Å²) in [5.41, 5.74) is 0. The maximum Gasteiger partial charge on any atom is 0.248 e. The van der Waals surface area contributed by atoms with Gasteiger partial charge in [-0.25, -0.2) is 0 Å². The molecule has 0 aromatic heterocycles. The van der Waals surface area contributed by atoms with Gasteiger partial charge in [0.25, 0.3) is 0 Å². The van der Waals surface area contributed by atoms with Gasteiger partial charge in [-0.15, -0.1) is 0 Å². The minimum absolute atomic E-state index is 0.00264. The molecule has 2 saturated heterocycles. The second-order valence-corrected chi connectivity index (χ2v) is 6.77. The largest absolute Gasteiger partial charge is 0.372 e. The number of hydrogen-bond acceptors (Lipinski definition) is 4. The Kier molecular flexibility index (Phi) is 6.60. The summed E-state index contributed by atoms with van der Waals surface area (Å²) in [6, 6.07) is -0.261. The third-order valence-electron chi connectivity index (χ3n) is 4.63. The molecule has 0 radical (unpaired) electrons. The quantitative estimate of drug-likeness (QED) is 0.766. The van der Waals surface area contributed by atoms with Crippen LogP contribution in [0.5, 0.6) is 0 Å². The van der Waals surface area contributed by atoms with Crippen LogP contribution >= 0.6 is 0 Å². The summed E-state index contributed by atoms with van der Waals surface area (Å²) in [5, 5.41) is 2.91. The molecule has 0 aromatic rings. The lowest BCUT2D eigenvalue weighted by atomic mass is 10.0. The van der Waals surface area contributed by atoms with E-state index < -0.39 is 0 Å². The molecule has 1 unspecified atom stereocenters. The molecule has 0 spiro atoms. The number of likely N-dealkylation sites (tertiary alicyclic amines) is 2. The van der Waals surface area contributed by atoms with Crippen LogP contribution < -0.4 is 5.32 Å². The van der Waals surface area contributed by atoms with Gasteiger partial charge in [0, 0.05) is 38.2 Å². The molecule has 136 valence electrons. The average Bonchev–Trinajstić information content (AvgIpc) is 2.94. The molecule has 2 fully saturated rings. The Balaban J connectivity index is 1.92. The number of nitrogens with one attached hydrogen (secondary N) is 1. The van der Waals surface area contributed by atoms with E-state index in [2.05, 4.69) is 5.32 Å². The van der Waals surface area contributed by atoms with E-state index in [9.17, 15) is 14.4 Å². The van der Waals surface area contributed by atoms with Crippen molar-refractivity contribution in [2.24, 2.45) is 0 Å². The molecule has 7 nitrogen and oxygen atoms in total. The number of amides is 3. The van der Waals surface area contributed by atoms with E-state index in [0.717, 1.165) is 12.8 Å². The monoisotopic (exact) mass is 339 g/mol. The van der Waals surface area contributed by atoms with Gasteiger partial charge in [0.05, 0.1) is 0 Å². The molecular weight excluding hydrogens is 310 g/mol. The number of rotatable bonds is 6. The van der Waals surface area contributed by atoms with E-state index in [1.807, 2.05) is 20.8 Å². The van der Waals surface area contributed by atoms with E-state index in [-0.39, 0.29) is 42.5 Å². The van der Waals surface area contributed by atoms with Gasteiger partial charge in [-0.05, 0) is 40.0 Å². The Bertz CT molecular complexity index is 472.